The number of hydrogen-bond acceptors (Lipinski definition) is 5. The van der Waals surface area contributed by atoms with Gasteiger partial charge in [-0.2, -0.15) is 11.8 Å². The zero-order valence-electron chi connectivity index (χ0n) is 12.3. The summed E-state index contributed by atoms with van der Waals surface area (Å²) in [5, 5.41) is 14.5. The maximum Gasteiger partial charge on any atom is 0.312 e. The maximum atomic E-state index is 11.4. The molecule has 3 rings (SSSR count). The van der Waals surface area contributed by atoms with E-state index in [0.717, 1.165) is 30.1 Å². The Morgan fingerprint density at radius 1 is 1.33 bits per heavy atom. The number of aryl methyl sites for hydroxylation is 1. The second-order valence-corrected chi connectivity index (χ2v) is 8.08. The predicted octanol–water partition coefficient (Wildman–Crippen LogP) is 3.73. The lowest BCUT2D eigenvalue weighted by molar-refractivity contribution is -0.139. The standard InChI is InChI=1S/C15H22N2O2S2/c1-20-11-7-3-2-6-10(11)16-15-17-13-9(14(18)19)5-4-8-12(13)21-15/h9-11H,2-8H2,1H3,(H,16,17)(H,18,19). The number of nitrogens with zero attached hydrogens (tertiary/aromatic N) is 1. The first kappa shape index (κ1) is 15.2. The summed E-state index contributed by atoms with van der Waals surface area (Å²) in [5.74, 6) is -1.13. The van der Waals surface area contributed by atoms with E-state index in [0.29, 0.717) is 11.3 Å². The average Bonchev–Trinajstić information content (AvgIpc) is 2.89. The molecule has 1 aromatic rings. The van der Waals surface area contributed by atoms with E-state index < -0.39 is 11.9 Å². The number of thiazole rings is 1. The van der Waals surface area contributed by atoms with Gasteiger partial charge < -0.3 is 10.4 Å². The summed E-state index contributed by atoms with van der Waals surface area (Å²) in [5.41, 5.74) is 0.817. The number of aromatic nitrogens is 1. The number of nitrogens with one attached hydrogen (secondary N) is 1. The van der Waals surface area contributed by atoms with Crippen molar-refractivity contribution < 1.29 is 9.90 Å². The third kappa shape index (κ3) is 3.21. The van der Waals surface area contributed by atoms with Crippen molar-refractivity contribution in [3.05, 3.63) is 10.6 Å². The van der Waals surface area contributed by atoms with Crippen molar-refractivity contribution in [1.29, 1.82) is 0 Å². The van der Waals surface area contributed by atoms with E-state index in [4.69, 9.17) is 0 Å². The van der Waals surface area contributed by atoms with Gasteiger partial charge in [0.2, 0.25) is 0 Å². The van der Waals surface area contributed by atoms with Crippen LogP contribution in [0.3, 0.4) is 0 Å². The van der Waals surface area contributed by atoms with Gasteiger partial charge in [-0.3, -0.25) is 4.79 Å². The van der Waals surface area contributed by atoms with Crippen LogP contribution in [0.5, 0.6) is 0 Å². The molecule has 1 fully saturated rings. The Morgan fingerprint density at radius 2 is 2.14 bits per heavy atom. The summed E-state index contributed by atoms with van der Waals surface area (Å²) < 4.78 is 0. The highest BCUT2D eigenvalue weighted by atomic mass is 32.2. The minimum atomic E-state index is -0.729. The number of carbonyl (C=O) groups is 1. The van der Waals surface area contributed by atoms with Gasteiger partial charge in [-0.05, 0) is 38.4 Å². The molecule has 0 amide bonds. The van der Waals surface area contributed by atoms with E-state index in [2.05, 4.69) is 16.6 Å². The summed E-state index contributed by atoms with van der Waals surface area (Å²) in [7, 11) is 0. The quantitative estimate of drug-likeness (QED) is 0.882. The van der Waals surface area contributed by atoms with Crippen LogP contribution in [0.1, 0.15) is 55.0 Å². The Kier molecular flexibility index (Phi) is 4.74. The van der Waals surface area contributed by atoms with Crippen LogP contribution in [0.4, 0.5) is 5.13 Å². The molecule has 3 unspecified atom stereocenters. The van der Waals surface area contributed by atoms with Crippen molar-refractivity contribution in [1.82, 2.24) is 4.98 Å². The zero-order valence-corrected chi connectivity index (χ0v) is 13.9. The van der Waals surface area contributed by atoms with Crippen LogP contribution in [0.25, 0.3) is 0 Å². The van der Waals surface area contributed by atoms with Gasteiger partial charge in [0.25, 0.3) is 0 Å². The molecule has 1 aromatic heterocycles. The number of carboxylic acid groups (broad SMARTS) is 1. The van der Waals surface area contributed by atoms with Crippen molar-refractivity contribution in [3.8, 4) is 0 Å². The van der Waals surface area contributed by atoms with Crippen molar-refractivity contribution >= 4 is 34.2 Å². The summed E-state index contributed by atoms with van der Waals surface area (Å²) >= 11 is 3.60. The van der Waals surface area contributed by atoms with Gasteiger partial charge in [0, 0.05) is 16.2 Å². The van der Waals surface area contributed by atoms with Crippen LogP contribution >= 0.6 is 23.1 Å². The number of fused-ring (bicyclic) bond motifs is 1. The van der Waals surface area contributed by atoms with Gasteiger partial charge in [-0.25, -0.2) is 4.98 Å². The highest BCUT2D eigenvalue weighted by Gasteiger charge is 2.31. The zero-order chi connectivity index (χ0) is 14.8. The number of carboxylic acids is 1. The predicted molar refractivity (Wildman–Crippen MR) is 88.6 cm³/mol. The van der Waals surface area contributed by atoms with Crippen LogP contribution < -0.4 is 5.32 Å². The first-order chi connectivity index (χ1) is 10.2. The Balaban J connectivity index is 1.76. The smallest absolute Gasteiger partial charge is 0.312 e. The molecule has 0 spiro atoms. The highest BCUT2D eigenvalue weighted by molar-refractivity contribution is 7.99. The number of anilines is 1. The number of hydrogen-bond donors (Lipinski definition) is 2. The average molecular weight is 326 g/mol. The second kappa shape index (κ2) is 6.57. The van der Waals surface area contributed by atoms with E-state index in [1.807, 2.05) is 11.8 Å². The molecule has 0 bridgehead atoms. The third-order valence-electron chi connectivity index (χ3n) is 4.57. The summed E-state index contributed by atoms with van der Waals surface area (Å²) in [6.45, 7) is 0. The molecule has 0 aliphatic heterocycles. The van der Waals surface area contributed by atoms with Gasteiger partial charge in [0.15, 0.2) is 5.13 Å². The molecular formula is C15H22N2O2S2. The normalized spacial score (nSPS) is 28.9. The molecule has 0 radical (unpaired) electrons. The van der Waals surface area contributed by atoms with Gasteiger partial charge in [0.05, 0.1) is 5.69 Å². The molecular weight excluding hydrogens is 304 g/mol. The van der Waals surface area contributed by atoms with E-state index in [1.54, 1.807) is 11.3 Å². The van der Waals surface area contributed by atoms with Gasteiger partial charge >= 0.3 is 5.97 Å². The van der Waals surface area contributed by atoms with Crippen molar-refractivity contribution in [2.24, 2.45) is 0 Å². The fourth-order valence-corrected chi connectivity index (χ4v) is 5.48. The van der Waals surface area contributed by atoms with E-state index >= 15 is 0 Å². The van der Waals surface area contributed by atoms with Crippen molar-refractivity contribution in [2.45, 2.75) is 62.2 Å². The minimum Gasteiger partial charge on any atom is -0.481 e. The molecule has 2 aliphatic rings. The van der Waals surface area contributed by atoms with Crippen LogP contribution in [0.2, 0.25) is 0 Å². The van der Waals surface area contributed by atoms with Crippen LogP contribution in [-0.2, 0) is 11.2 Å². The lowest BCUT2D eigenvalue weighted by Crippen LogP contribution is -2.34. The Morgan fingerprint density at radius 3 is 2.90 bits per heavy atom. The molecule has 116 valence electrons. The summed E-state index contributed by atoms with van der Waals surface area (Å²) in [6.07, 6.45) is 9.90. The number of thioether (sulfide) groups is 1. The molecule has 0 aromatic carbocycles. The largest absolute Gasteiger partial charge is 0.481 e. The van der Waals surface area contributed by atoms with Crippen molar-refractivity contribution in [2.75, 3.05) is 11.6 Å². The number of aliphatic carboxylic acids is 1. The Bertz CT molecular complexity index is 518. The molecule has 3 atom stereocenters. The molecule has 6 heteroatoms. The fourth-order valence-electron chi connectivity index (χ4n) is 3.42. The topological polar surface area (TPSA) is 62.2 Å². The Labute approximate surface area is 133 Å². The molecule has 1 saturated carbocycles. The fraction of sp³-hybridized carbons (Fsp3) is 0.733. The molecule has 4 nitrogen and oxygen atoms in total. The molecule has 2 N–H and O–H groups in total. The third-order valence-corrected chi connectivity index (χ3v) is 6.80. The van der Waals surface area contributed by atoms with Crippen molar-refractivity contribution in [3.63, 3.8) is 0 Å². The van der Waals surface area contributed by atoms with Gasteiger partial charge in [-0.1, -0.05) is 12.8 Å². The van der Waals surface area contributed by atoms with Gasteiger partial charge in [0.1, 0.15) is 5.92 Å². The summed E-state index contributed by atoms with van der Waals surface area (Å²) in [6, 6.07) is 0.477. The number of rotatable bonds is 4. The lowest BCUT2D eigenvalue weighted by Gasteiger charge is -2.30. The summed E-state index contributed by atoms with van der Waals surface area (Å²) in [4.78, 5) is 17.2. The SMILES string of the molecule is CSC1CCCCC1Nc1nc2c(s1)CCCC2C(=O)O. The van der Waals surface area contributed by atoms with Gasteiger partial charge in [-0.15, -0.1) is 11.3 Å². The maximum absolute atomic E-state index is 11.4. The monoisotopic (exact) mass is 326 g/mol. The van der Waals surface area contributed by atoms with E-state index in [9.17, 15) is 9.90 Å². The van der Waals surface area contributed by atoms with Crippen LogP contribution in [0, 0.1) is 0 Å². The first-order valence-electron chi connectivity index (χ1n) is 7.70. The molecule has 2 aliphatic carbocycles. The molecule has 0 saturated heterocycles. The van der Waals surface area contributed by atoms with E-state index in [1.165, 1.54) is 30.6 Å². The van der Waals surface area contributed by atoms with E-state index in [-0.39, 0.29) is 0 Å². The minimum absolute atomic E-state index is 0.400. The second-order valence-electron chi connectivity index (χ2n) is 5.92. The Hall–Kier alpha value is -0.750. The van der Waals surface area contributed by atoms with Crippen LogP contribution in [-0.4, -0.2) is 33.6 Å². The molecule has 21 heavy (non-hydrogen) atoms. The molecule has 1 heterocycles. The highest BCUT2D eigenvalue weighted by Crippen LogP contribution is 2.38. The lowest BCUT2D eigenvalue weighted by atomic mass is 9.91. The first-order valence-corrected chi connectivity index (χ1v) is 9.81. The van der Waals surface area contributed by atoms with Crippen LogP contribution in [0.15, 0.2) is 0 Å².